The number of carbonyl (C=O) groups excluding carboxylic acids is 1. The summed E-state index contributed by atoms with van der Waals surface area (Å²) in [7, 11) is 0. The van der Waals surface area contributed by atoms with Gasteiger partial charge in [-0.05, 0) is 17.7 Å². The van der Waals surface area contributed by atoms with E-state index in [1.807, 2.05) is 0 Å². The monoisotopic (exact) mass is 210 g/mol. The van der Waals surface area contributed by atoms with E-state index in [-0.39, 0.29) is 36.9 Å². The van der Waals surface area contributed by atoms with Gasteiger partial charge in [-0.25, -0.2) is 0 Å². The summed E-state index contributed by atoms with van der Waals surface area (Å²) in [6, 6.07) is 4.67. The number of nitrogens with one attached hydrogen (secondary N) is 1. The van der Waals surface area contributed by atoms with Crippen LogP contribution in [-0.2, 0) is 11.2 Å². The molecule has 0 aliphatic rings. The highest BCUT2D eigenvalue weighted by Crippen LogP contribution is 2.20. The number of benzene rings is 1. The minimum Gasteiger partial charge on any atom is -0.506 e. The lowest BCUT2D eigenvalue weighted by Gasteiger charge is -2.05. The topological polar surface area (TPSA) is 95.6 Å². The van der Waals surface area contributed by atoms with Gasteiger partial charge in [0.1, 0.15) is 5.75 Å². The fourth-order valence-electron chi connectivity index (χ4n) is 1.14. The molecule has 0 radical (unpaired) electrons. The van der Waals surface area contributed by atoms with Crippen LogP contribution in [0.15, 0.2) is 18.2 Å². The Hall–Kier alpha value is -1.75. The Morgan fingerprint density at radius 1 is 1.47 bits per heavy atom. The molecule has 1 rings (SSSR count). The molecule has 0 aliphatic carbocycles. The number of phenolic OH excluding ortho intramolecular Hbond substituents is 1. The molecular formula is C10H14N2O3. The molecule has 1 amide bonds. The summed E-state index contributed by atoms with van der Waals surface area (Å²) in [6.45, 7) is 0.151. The van der Waals surface area contributed by atoms with E-state index in [2.05, 4.69) is 5.32 Å². The number of hydrogen-bond donors (Lipinski definition) is 4. The van der Waals surface area contributed by atoms with Crippen LogP contribution in [0.4, 0.5) is 5.69 Å². The van der Waals surface area contributed by atoms with Crippen molar-refractivity contribution in [2.75, 3.05) is 18.9 Å². The number of aliphatic hydroxyl groups is 1. The summed E-state index contributed by atoms with van der Waals surface area (Å²) < 4.78 is 0. The van der Waals surface area contributed by atoms with Gasteiger partial charge >= 0.3 is 0 Å². The fourth-order valence-corrected chi connectivity index (χ4v) is 1.14. The van der Waals surface area contributed by atoms with E-state index in [1.165, 1.54) is 6.07 Å². The molecule has 15 heavy (non-hydrogen) atoms. The molecule has 0 fully saturated rings. The molecule has 5 N–H and O–H groups in total. The molecule has 0 spiro atoms. The first kappa shape index (κ1) is 11.3. The van der Waals surface area contributed by atoms with Crippen molar-refractivity contribution in [1.29, 1.82) is 0 Å². The number of aliphatic hydroxyl groups excluding tert-OH is 1. The van der Waals surface area contributed by atoms with Gasteiger partial charge in [-0.15, -0.1) is 0 Å². The van der Waals surface area contributed by atoms with E-state index in [9.17, 15) is 9.90 Å². The summed E-state index contributed by atoms with van der Waals surface area (Å²) in [5, 5.41) is 20.3. The number of carbonyl (C=O) groups is 1. The summed E-state index contributed by atoms with van der Waals surface area (Å²) >= 11 is 0. The summed E-state index contributed by atoms with van der Waals surface area (Å²) in [5.41, 5.74) is 6.38. The lowest BCUT2D eigenvalue weighted by atomic mass is 10.1. The van der Waals surface area contributed by atoms with Crippen molar-refractivity contribution in [3.63, 3.8) is 0 Å². The van der Waals surface area contributed by atoms with Gasteiger partial charge in [0.25, 0.3) is 0 Å². The van der Waals surface area contributed by atoms with Crippen LogP contribution in [0.5, 0.6) is 5.75 Å². The Kier molecular flexibility index (Phi) is 3.93. The van der Waals surface area contributed by atoms with Crippen LogP contribution in [-0.4, -0.2) is 29.3 Å². The largest absolute Gasteiger partial charge is 0.506 e. The molecular weight excluding hydrogens is 196 g/mol. The van der Waals surface area contributed by atoms with Crippen molar-refractivity contribution >= 4 is 11.6 Å². The number of anilines is 1. The van der Waals surface area contributed by atoms with Gasteiger partial charge in [0, 0.05) is 6.54 Å². The van der Waals surface area contributed by atoms with E-state index >= 15 is 0 Å². The quantitative estimate of drug-likeness (QED) is 0.402. The van der Waals surface area contributed by atoms with Crippen LogP contribution in [0.1, 0.15) is 5.56 Å². The van der Waals surface area contributed by atoms with Gasteiger partial charge in [0.2, 0.25) is 5.91 Å². The maximum atomic E-state index is 11.2. The molecule has 0 bridgehead atoms. The van der Waals surface area contributed by atoms with Crippen molar-refractivity contribution in [3.8, 4) is 5.75 Å². The Morgan fingerprint density at radius 2 is 2.20 bits per heavy atom. The zero-order chi connectivity index (χ0) is 11.3. The van der Waals surface area contributed by atoms with Gasteiger partial charge in [-0.1, -0.05) is 6.07 Å². The third kappa shape index (κ3) is 3.47. The van der Waals surface area contributed by atoms with E-state index in [0.717, 1.165) is 0 Å². The molecule has 5 heteroatoms. The highest BCUT2D eigenvalue weighted by atomic mass is 16.3. The maximum Gasteiger partial charge on any atom is 0.224 e. The second kappa shape index (κ2) is 5.21. The predicted octanol–water partition coefficient (Wildman–Crippen LogP) is -0.375. The smallest absolute Gasteiger partial charge is 0.224 e. The number of amides is 1. The van der Waals surface area contributed by atoms with Crippen LogP contribution in [0.25, 0.3) is 0 Å². The third-order valence-corrected chi connectivity index (χ3v) is 1.89. The van der Waals surface area contributed by atoms with Crippen LogP contribution in [0.2, 0.25) is 0 Å². The molecule has 0 unspecified atom stereocenters. The van der Waals surface area contributed by atoms with Crippen LogP contribution in [0, 0.1) is 0 Å². The van der Waals surface area contributed by atoms with Crippen molar-refractivity contribution in [1.82, 2.24) is 5.32 Å². The number of aromatic hydroxyl groups is 1. The van der Waals surface area contributed by atoms with Crippen LogP contribution >= 0.6 is 0 Å². The minimum atomic E-state index is -0.201. The minimum absolute atomic E-state index is 0.0255. The Morgan fingerprint density at radius 3 is 2.80 bits per heavy atom. The molecule has 0 aromatic heterocycles. The van der Waals surface area contributed by atoms with Gasteiger partial charge in [-0.3, -0.25) is 4.79 Å². The van der Waals surface area contributed by atoms with E-state index in [1.54, 1.807) is 12.1 Å². The standard InChI is InChI=1S/C10H14N2O3/c11-8-2-1-7(5-9(8)14)6-10(15)12-3-4-13/h1-2,5,13-14H,3-4,6,11H2,(H,12,15). The van der Waals surface area contributed by atoms with E-state index < -0.39 is 0 Å². The maximum absolute atomic E-state index is 11.2. The molecule has 0 heterocycles. The number of nitrogens with two attached hydrogens (primary N) is 1. The molecule has 1 aromatic rings. The molecule has 0 saturated carbocycles. The normalized spacial score (nSPS) is 9.93. The Labute approximate surface area is 87.5 Å². The molecule has 5 nitrogen and oxygen atoms in total. The summed E-state index contributed by atoms with van der Waals surface area (Å²) in [4.78, 5) is 11.2. The Balaban J connectivity index is 2.57. The SMILES string of the molecule is Nc1ccc(CC(=O)NCCO)cc1O. The first-order valence-electron chi connectivity index (χ1n) is 4.58. The Bertz CT molecular complexity index is 353. The van der Waals surface area contributed by atoms with Crippen molar-refractivity contribution in [2.24, 2.45) is 0 Å². The molecule has 1 aromatic carbocycles. The van der Waals surface area contributed by atoms with Crippen molar-refractivity contribution in [3.05, 3.63) is 23.8 Å². The van der Waals surface area contributed by atoms with Crippen molar-refractivity contribution < 1.29 is 15.0 Å². The molecule has 82 valence electrons. The third-order valence-electron chi connectivity index (χ3n) is 1.89. The molecule has 0 atom stereocenters. The zero-order valence-corrected chi connectivity index (χ0v) is 8.23. The zero-order valence-electron chi connectivity index (χ0n) is 8.23. The number of rotatable bonds is 4. The number of phenols is 1. The predicted molar refractivity (Wildman–Crippen MR) is 56.3 cm³/mol. The lowest BCUT2D eigenvalue weighted by molar-refractivity contribution is -0.120. The molecule has 0 saturated heterocycles. The first-order valence-corrected chi connectivity index (χ1v) is 4.58. The molecule has 0 aliphatic heterocycles. The second-order valence-corrected chi connectivity index (χ2v) is 3.14. The average molecular weight is 210 g/mol. The highest BCUT2D eigenvalue weighted by Gasteiger charge is 2.04. The summed E-state index contributed by atoms with van der Waals surface area (Å²) in [6.07, 6.45) is 0.161. The van der Waals surface area contributed by atoms with Crippen LogP contribution in [0.3, 0.4) is 0 Å². The first-order chi connectivity index (χ1) is 7.13. The number of nitrogen functional groups attached to an aromatic ring is 1. The van der Waals surface area contributed by atoms with Gasteiger partial charge < -0.3 is 21.3 Å². The van der Waals surface area contributed by atoms with E-state index in [0.29, 0.717) is 5.56 Å². The van der Waals surface area contributed by atoms with E-state index in [4.69, 9.17) is 10.8 Å². The second-order valence-electron chi connectivity index (χ2n) is 3.14. The summed E-state index contributed by atoms with van der Waals surface area (Å²) in [5.74, 6) is -0.226. The van der Waals surface area contributed by atoms with Crippen LogP contribution < -0.4 is 11.1 Å². The van der Waals surface area contributed by atoms with Crippen molar-refractivity contribution in [2.45, 2.75) is 6.42 Å². The van der Waals surface area contributed by atoms with Gasteiger partial charge in [0.15, 0.2) is 0 Å². The fraction of sp³-hybridized carbons (Fsp3) is 0.300. The lowest BCUT2D eigenvalue weighted by Crippen LogP contribution is -2.27. The van der Waals surface area contributed by atoms with Gasteiger partial charge in [0.05, 0.1) is 18.7 Å². The number of hydrogen-bond acceptors (Lipinski definition) is 4. The average Bonchev–Trinajstić information content (AvgIpc) is 2.20. The van der Waals surface area contributed by atoms with Gasteiger partial charge in [-0.2, -0.15) is 0 Å². The highest BCUT2D eigenvalue weighted by molar-refractivity contribution is 5.78.